The van der Waals surface area contributed by atoms with E-state index in [2.05, 4.69) is 0 Å². The van der Waals surface area contributed by atoms with E-state index in [9.17, 15) is 4.79 Å². The summed E-state index contributed by atoms with van der Waals surface area (Å²) in [5.41, 5.74) is 0.536. The van der Waals surface area contributed by atoms with Gasteiger partial charge in [-0.1, -0.05) is 0 Å². The van der Waals surface area contributed by atoms with Gasteiger partial charge >= 0.3 is 5.97 Å². The van der Waals surface area contributed by atoms with Gasteiger partial charge < -0.3 is 23.5 Å². The Balaban J connectivity index is 2.30. The predicted molar refractivity (Wildman–Crippen MR) is 96.6 cm³/mol. The molecule has 0 bridgehead atoms. The molecule has 0 aliphatic heterocycles. The minimum absolute atomic E-state index is 0.0112. The zero-order chi connectivity index (χ0) is 18.6. The van der Waals surface area contributed by atoms with Crippen LogP contribution in [0.25, 0.3) is 11.0 Å². The summed E-state index contributed by atoms with van der Waals surface area (Å²) in [6.07, 6.45) is 0.0117. The maximum Gasteiger partial charge on any atom is 0.374 e. The van der Waals surface area contributed by atoms with Crippen LogP contribution in [0, 0.1) is 0 Å². The van der Waals surface area contributed by atoms with Crippen molar-refractivity contribution in [3.63, 3.8) is 0 Å². The van der Waals surface area contributed by atoms with Gasteiger partial charge in [-0.25, -0.2) is 4.79 Å². The molecule has 1 aromatic heterocycles. The fourth-order valence-electron chi connectivity index (χ4n) is 2.27. The zero-order valence-corrected chi connectivity index (χ0v) is 15.8. The summed E-state index contributed by atoms with van der Waals surface area (Å²) >= 11 is 0. The van der Waals surface area contributed by atoms with Crippen molar-refractivity contribution in [3.05, 3.63) is 24.0 Å². The highest BCUT2D eigenvalue weighted by Crippen LogP contribution is 2.35. The number of carbonyl (C=O) groups excluding carboxylic acids is 1. The van der Waals surface area contributed by atoms with Crippen LogP contribution in [0.15, 0.2) is 22.6 Å². The highest BCUT2D eigenvalue weighted by atomic mass is 16.5. The normalized spacial score (nSPS) is 11.6. The Labute approximate surface area is 148 Å². The van der Waals surface area contributed by atoms with Gasteiger partial charge in [0.15, 0.2) is 0 Å². The Morgan fingerprint density at radius 3 is 2.36 bits per heavy atom. The molecule has 2 rings (SSSR count). The molecule has 0 amide bonds. The molecule has 0 N–H and O–H groups in total. The fourth-order valence-corrected chi connectivity index (χ4v) is 2.27. The maximum atomic E-state index is 12.2. The number of nitrogens with zero attached hydrogens (tertiary/aromatic N) is 1. The molecule has 6 heteroatoms. The Bertz CT molecular complexity index is 718. The van der Waals surface area contributed by atoms with Gasteiger partial charge in [0.25, 0.3) is 0 Å². The van der Waals surface area contributed by atoms with Gasteiger partial charge in [-0.3, -0.25) is 0 Å². The summed E-state index contributed by atoms with van der Waals surface area (Å²) in [5.74, 6) is 0.934. The summed E-state index contributed by atoms with van der Waals surface area (Å²) in [6, 6.07) is 5.24. The summed E-state index contributed by atoms with van der Waals surface area (Å²) in [7, 11) is 3.83. The van der Waals surface area contributed by atoms with Crippen molar-refractivity contribution in [3.8, 4) is 11.5 Å². The average Bonchev–Trinajstić information content (AvgIpc) is 2.89. The van der Waals surface area contributed by atoms with Crippen molar-refractivity contribution in [2.75, 3.05) is 27.2 Å². The van der Waals surface area contributed by atoms with E-state index in [-0.39, 0.29) is 18.0 Å². The number of carbonyl (C=O) groups is 1. The molecule has 25 heavy (non-hydrogen) atoms. The summed E-state index contributed by atoms with van der Waals surface area (Å²) in [4.78, 5) is 14.1. The molecule has 0 unspecified atom stereocenters. The summed E-state index contributed by atoms with van der Waals surface area (Å²) in [5, 5.41) is 0.726. The average molecular weight is 349 g/mol. The zero-order valence-electron chi connectivity index (χ0n) is 15.8. The number of benzene rings is 1. The molecule has 138 valence electrons. The lowest BCUT2D eigenvalue weighted by molar-refractivity contribution is 0.0448. The molecule has 1 aromatic carbocycles. The SMILES string of the molecule is CC(C)Oc1cc(OC(C)C)c2cc(C(=O)OCCN(C)C)oc2c1. The second kappa shape index (κ2) is 8.25. The molecule has 0 aliphatic rings. The first-order chi connectivity index (χ1) is 11.8. The van der Waals surface area contributed by atoms with E-state index in [0.717, 1.165) is 5.39 Å². The number of ether oxygens (including phenoxy) is 3. The Kier molecular flexibility index (Phi) is 6.31. The van der Waals surface area contributed by atoms with Gasteiger partial charge in [-0.2, -0.15) is 0 Å². The molecule has 0 saturated carbocycles. The molecular formula is C19H27NO5. The minimum atomic E-state index is -0.486. The van der Waals surface area contributed by atoms with Crippen LogP contribution in [-0.4, -0.2) is 50.3 Å². The second-order valence-electron chi connectivity index (χ2n) is 6.72. The number of fused-ring (bicyclic) bond motifs is 1. The first-order valence-electron chi connectivity index (χ1n) is 8.49. The van der Waals surface area contributed by atoms with Crippen LogP contribution < -0.4 is 9.47 Å². The third kappa shape index (κ3) is 5.39. The molecule has 6 nitrogen and oxygen atoms in total. The van der Waals surface area contributed by atoms with E-state index >= 15 is 0 Å². The lowest BCUT2D eigenvalue weighted by Crippen LogP contribution is -2.19. The predicted octanol–water partition coefficient (Wildman–Crippen LogP) is 3.73. The highest BCUT2D eigenvalue weighted by molar-refractivity contribution is 5.95. The van der Waals surface area contributed by atoms with Crippen LogP contribution >= 0.6 is 0 Å². The number of hydrogen-bond donors (Lipinski definition) is 0. The van der Waals surface area contributed by atoms with E-state index in [0.29, 0.717) is 30.2 Å². The molecule has 0 radical (unpaired) electrons. The minimum Gasteiger partial charge on any atom is -0.491 e. The largest absolute Gasteiger partial charge is 0.491 e. The van der Waals surface area contributed by atoms with Crippen LogP contribution in [0.3, 0.4) is 0 Å². The number of rotatable bonds is 8. The van der Waals surface area contributed by atoms with Crippen LogP contribution in [0.4, 0.5) is 0 Å². The molecule has 1 heterocycles. The van der Waals surface area contributed by atoms with Gasteiger partial charge in [-0.15, -0.1) is 0 Å². The van der Waals surface area contributed by atoms with Crippen molar-refractivity contribution in [2.45, 2.75) is 39.9 Å². The van der Waals surface area contributed by atoms with Crippen molar-refractivity contribution < 1.29 is 23.4 Å². The van der Waals surface area contributed by atoms with Crippen molar-refractivity contribution >= 4 is 16.9 Å². The van der Waals surface area contributed by atoms with Crippen molar-refractivity contribution in [1.82, 2.24) is 4.90 Å². The van der Waals surface area contributed by atoms with E-state index < -0.39 is 5.97 Å². The Morgan fingerprint density at radius 2 is 1.76 bits per heavy atom. The number of esters is 1. The molecule has 0 fully saturated rings. The third-order valence-corrected chi connectivity index (χ3v) is 3.28. The first kappa shape index (κ1) is 19.1. The van der Waals surface area contributed by atoms with Gasteiger partial charge in [0, 0.05) is 24.7 Å². The third-order valence-electron chi connectivity index (χ3n) is 3.28. The van der Waals surface area contributed by atoms with Gasteiger partial charge in [0.2, 0.25) is 5.76 Å². The number of furan rings is 1. The van der Waals surface area contributed by atoms with Gasteiger partial charge in [-0.05, 0) is 41.8 Å². The van der Waals surface area contributed by atoms with E-state index in [4.69, 9.17) is 18.6 Å². The molecule has 0 spiro atoms. The van der Waals surface area contributed by atoms with Crippen LogP contribution in [0.1, 0.15) is 38.2 Å². The van der Waals surface area contributed by atoms with Gasteiger partial charge in [0.05, 0.1) is 17.6 Å². The number of hydrogen-bond acceptors (Lipinski definition) is 6. The van der Waals surface area contributed by atoms with Crippen molar-refractivity contribution in [2.24, 2.45) is 0 Å². The quantitative estimate of drug-likeness (QED) is 0.677. The lowest BCUT2D eigenvalue weighted by atomic mass is 10.2. The standard InChI is InChI=1S/C19H27NO5/c1-12(2)23-14-9-16(24-13(3)4)15-11-18(25-17(15)10-14)19(21)22-8-7-20(5)6/h9-13H,7-8H2,1-6H3. The Hall–Kier alpha value is -2.21. The maximum absolute atomic E-state index is 12.2. The molecule has 0 atom stereocenters. The Morgan fingerprint density at radius 1 is 1.08 bits per heavy atom. The summed E-state index contributed by atoms with van der Waals surface area (Å²) in [6.45, 7) is 8.74. The van der Waals surface area contributed by atoms with E-state index in [1.165, 1.54) is 0 Å². The van der Waals surface area contributed by atoms with Gasteiger partial charge in [0.1, 0.15) is 23.7 Å². The molecule has 0 aliphatic carbocycles. The van der Waals surface area contributed by atoms with Crippen LogP contribution in [0.2, 0.25) is 0 Å². The second-order valence-corrected chi connectivity index (χ2v) is 6.72. The van der Waals surface area contributed by atoms with E-state index in [1.54, 1.807) is 12.1 Å². The monoisotopic (exact) mass is 349 g/mol. The topological polar surface area (TPSA) is 61.1 Å². The van der Waals surface area contributed by atoms with Crippen LogP contribution in [0.5, 0.6) is 11.5 Å². The molecular weight excluding hydrogens is 322 g/mol. The lowest BCUT2D eigenvalue weighted by Gasteiger charge is -2.14. The summed E-state index contributed by atoms with van der Waals surface area (Å²) < 4.78 is 22.5. The first-order valence-corrected chi connectivity index (χ1v) is 8.49. The number of likely N-dealkylation sites (N-methyl/N-ethyl adjacent to an activating group) is 1. The van der Waals surface area contributed by atoms with Crippen molar-refractivity contribution in [1.29, 1.82) is 0 Å². The molecule has 2 aromatic rings. The van der Waals surface area contributed by atoms with Crippen LogP contribution in [-0.2, 0) is 4.74 Å². The smallest absolute Gasteiger partial charge is 0.374 e. The highest BCUT2D eigenvalue weighted by Gasteiger charge is 2.18. The van der Waals surface area contributed by atoms with E-state index in [1.807, 2.05) is 52.8 Å². The fraction of sp³-hybridized carbons (Fsp3) is 0.526. The molecule has 0 saturated heterocycles.